The molecule has 2 rings (SSSR count). The molecule has 4 heteroatoms. The molecule has 0 radical (unpaired) electrons. The molecule has 0 amide bonds. The highest BCUT2D eigenvalue weighted by Gasteiger charge is 2.10. The Balaban J connectivity index is 1.94. The summed E-state index contributed by atoms with van der Waals surface area (Å²) in [7, 11) is 1.84. The van der Waals surface area contributed by atoms with Crippen LogP contribution in [0.5, 0.6) is 0 Å². The van der Waals surface area contributed by atoms with E-state index >= 15 is 0 Å². The van der Waals surface area contributed by atoms with Crippen molar-refractivity contribution in [3.63, 3.8) is 0 Å². The highest BCUT2D eigenvalue weighted by molar-refractivity contribution is 5.11. The molecular formula is C12H15N3O. The van der Waals surface area contributed by atoms with Crippen LogP contribution in [-0.4, -0.2) is 19.9 Å². The highest BCUT2D eigenvalue weighted by atomic mass is 16.3. The maximum absolute atomic E-state index is 9.98. The Bertz CT molecular complexity index is 439. The zero-order valence-electron chi connectivity index (χ0n) is 9.24. The third-order valence-electron chi connectivity index (χ3n) is 2.66. The van der Waals surface area contributed by atoms with Gasteiger partial charge in [-0.3, -0.25) is 9.67 Å². The zero-order valence-corrected chi connectivity index (χ0v) is 9.24. The Labute approximate surface area is 94.6 Å². The average molecular weight is 217 g/mol. The minimum absolute atomic E-state index is 0.458. The molecule has 0 bridgehead atoms. The van der Waals surface area contributed by atoms with E-state index in [4.69, 9.17) is 0 Å². The smallest absolute Gasteiger partial charge is 0.0959 e. The summed E-state index contributed by atoms with van der Waals surface area (Å²) in [6.45, 7) is 0. The predicted octanol–water partition coefficient (Wildman–Crippen LogP) is 1.48. The Morgan fingerprint density at radius 3 is 2.62 bits per heavy atom. The van der Waals surface area contributed by atoms with Gasteiger partial charge in [-0.25, -0.2) is 0 Å². The summed E-state index contributed by atoms with van der Waals surface area (Å²) < 4.78 is 1.71. The standard InChI is InChI=1S/C12H15N3O/c1-15-11(6-9-14-15)12(16)3-2-10-4-7-13-8-5-10/h4-9,12,16H,2-3H2,1H3. The van der Waals surface area contributed by atoms with E-state index in [1.54, 1.807) is 23.3 Å². The van der Waals surface area contributed by atoms with Crippen LogP contribution in [0.2, 0.25) is 0 Å². The molecule has 2 aromatic heterocycles. The van der Waals surface area contributed by atoms with E-state index in [0.29, 0.717) is 6.42 Å². The van der Waals surface area contributed by atoms with E-state index in [-0.39, 0.29) is 0 Å². The maximum Gasteiger partial charge on any atom is 0.0959 e. The number of hydrogen-bond acceptors (Lipinski definition) is 3. The van der Waals surface area contributed by atoms with E-state index in [0.717, 1.165) is 12.1 Å². The largest absolute Gasteiger partial charge is 0.387 e. The van der Waals surface area contributed by atoms with Crippen molar-refractivity contribution in [2.75, 3.05) is 0 Å². The van der Waals surface area contributed by atoms with Gasteiger partial charge in [0, 0.05) is 25.6 Å². The number of aryl methyl sites for hydroxylation is 2. The predicted molar refractivity (Wildman–Crippen MR) is 60.7 cm³/mol. The molecule has 0 aliphatic heterocycles. The molecule has 0 saturated carbocycles. The summed E-state index contributed by atoms with van der Waals surface area (Å²) in [4.78, 5) is 3.96. The van der Waals surface area contributed by atoms with Crippen LogP contribution in [0.25, 0.3) is 0 Å². The molecule has 0 aliphatic carbocycles. The molecule has 1 N–H and O–H groups in total. The van der Waals surface area contributed by atoms with Gasteiger partial charge in [0.25, 0.3) is 0 Å². The van der Waals surface area contributed by atoms with Gasteiger partial charge in [-0.05, 0) is 36.6 Å². The minimum Gasteiger partial charge on any atom is -0.387 e. The first kappa shape index (κ1) is 10.8. The Morgan fingerprint density at radius 2 is 2.00 bits per heavy atom. The molecule has 16 heavy (non-hydrogen) atoms. The normalized spacial score (nSPS) is 12.6. The first-order chi connectivity index (χ1) is 7.77. The monoisotopic (exact) mass is 217 g/mol. The summed E-state index contributed by atoms with van der Waals surface area (Å²) >= 11 is 0. The number of aliphatic hydroxyl groups excluding tert-OH is 1. The lowest BCUT2D eigenvalue weighted by atomic mass is 10.1. The second kappa shape index (κ2) is 4.90. The van der Waals surface area contributed by atoms with E-state index < -0.39 is 6.10 Å². The van der Waals surface area contributed by atoms with E-state index in [9.17, 15) is 5.11 Å². The maximum atomic E-state index is 9.98. The first-order valence-corrected chi connectivity index (χ1v) is 5.32. The molecule has 4 nitrogen and oxygen atoms in total. The molecule has 0 aromatic carbocycles. The lowest BCUT2D eigenvalue weighted by Crippen LogP contribution is -2.06. The molecule has 0 fully saturated rings. The van der Waals surface area contributed by atoms with Crippen LogP contribution in [0, 0.1) is 0 Å². The van der Waals surface area contributed by atoms with Crippen molar-refractivity contribution in [1.82, 2.24) is 14.8 Å². The fourth-order valence-electron chi connectivity index (χ4n) is 1.71. The van der Waals surface area contributed by atoms with Gasteiger partial charge in [-0.2, -0.15) is 5.10 Å². The molecule has 2 heterocycles. The molecular weight excluding hydrogens is 202 g/mol. The van der Waals surface area contributed by atoms with Crippen molar-refractivity contribution in [1.29, 1.82) is 0 Å². The van der Waals surface area contributed by atoms with E-state index in [1.807, 2.05) is 25.2 Å². The molecule has 84 valence electrons. The fraction of sp³-hybridized carbons (Fsp3) is 0.333. The second-order valence-electron chi connectivity index (χ2n) is 3.79. The number of hydrogen-bond donors (Lipinski definition) is 1. The van der Waals surface area contributed by atoms with Gasteiger partial charge in [-0.15, -0.1) is 0 Å². The van der Waals surface area contributed by atoms with Crippen LogP contribution in [0.3, 0.4) is 0 Å². The molecule has 1 atom stereocenters. The summed E-state index contributed by atoms with van der Waals surface area (Å²) in [5.41, 5.74) is 2.05. The van der Waals surface area contributed by atoms with E-state index in [1.165, 1.54) is 5.56 Å². The van der Waals surface area contributed by atoms with Crippen LogP contribution in [0.4, 0.5) is 0 Å². The van der Waals surface area contributed by atoms with Crippen molar-refractivity contribution < 1.29 is 5.11 Å². The van der Waals surface area contributed by atoms with Gasteiger partial charge >= 0.3 is 0 Å². The topological polar surface area (TPSA) is 50.9 Å². The third kappa shape index (κ3) is 2.46. The summed E-state index contributed by atoms with van der Waals surface area (Å²) in [5, 5.41) is 14.0. The second-order valence-corrected chi connectivity index (χ2v) is 3.79. The van der Waals surface area contributed by atoms with Crippen LogP contribution in [0.1, 0.15) is 23.8 Å². The third-order valence-corrected chi connectivity index (χ3v) is 2.66. The highest BCUT2D eigenvalue weighted by Crippen LogP contribution is 2.17. The van der Waals surface area contributed by atoms with Gasteiger partial charge in [-0.1, -0.05) is 0 Å². The van der Waals surface area contributed by atoms with Gasteiger partial charge in [0.15, 0.2) is 0 Å². The first-order valence-electron chi connectivity index (χ1n) is 5.32. The van der Waals surface area contributed by atoms with Crippen LogP contribution >= 0.6 is 0 Å². The lowest BCUT2D eigenvalue weighted by molar-refractivity contribution is 0.158. The van der Waals surface area contributed by atoms with Gasteiger partial charge in [0.05, 0.1) is 11.8 Å². The van der Waals surface area contributed by atoms with Crippen molar-refractivity contribution >= 4 is 0 Å². The average Bonchev–Trinajstić information content (AvgIpc) is 2.74. The van der Waals surface area contributed by atoms with Crippen LogP contribution in [0.15, 0.2) is 36.8 Å². The lowest BCUT2D eigenvalue weighted by Gasteiger charge is -2.10. The summed E-state index contributed by atoms with van der Waals surface area (Å²) in [5.74, 6) is 0. The van der Waals surface area contributed by atoms with Gasteiger partial charge in [0.1, 0.15) is 0 Å². The molecule has 1 unspecified atom stereocenters. The van der Waals surface area contributed by atoms with Gasteiger partial charge in [0.2, 0.25) is 0 Å². The molecule has 0 spiro atoms. The van der Waals surface area contributed by atoms with Crippen molar-refractivity contribution in [2.45, 2.75) is 18.9 Å². The summed E-state index contributed by atoms with van der Waals surface area (Å²) in [6, 6.07) is 5.78. The number of pyridine rings is 1. The van der Waals surface area contributed by atoms with Crippen molar-refractivity contribution in [3.05, 3.63) is 48.0 Å². The van der Waals surface area contributed by atoms with Crippen LogP contribution in [-0.2, 0) is 13.5 Å². The molecule has 2 aromatic rings. The van der Waals surface area contributed by atoms with E-state index in [2.05, 4.69) is 10.1 Å². The van der Waals surface area contributed by atoms with Crippen molar-refractivity contribution in [2.24, 2.45) is 7.05 Å². The van der Waals surface area contributed by atoms with Crippen molar-refractivity contribution in [3.8, 4) is 0 Å². The quantitative estimate of drug-likeness (QED) is 0.844. The Morgan fingerprint density at radius 1 is 1.25 bits per heavy atom. The fourth-order valence-corrected chi connectivity index (χ4v) is 1.71. The number of nitrogens with zero attached hydrogens (tertiary/aromatic N) is 3. The van der Waals surface area contributed by atoms with Gasteiger partial charge < -0.3 is 5.11 Å². The Kier molecular flexibility index (Phi) is 3.31. The SMILES string of the molecule is Cn1nccc1C(O)CCc1ccncc1. The molecule has 0 aliphatic rings. The Hall–Kier alpha value is -1.68. The zero-order chi connectivity index (χ0) is 11.4. The minimum atomic E-state index is -0.458. The molecule has 0 saturated heterocycles. The number of rotatable bonds is 4. The number of aliphatic hydroxyl groups is 1. The summed E-state index contributed by atoms with van der Waals surface area (Å²) in [6.07, 6.45) is 6.32. The number of aromatic nitrogens is 3. The van der Waals surface area contributed by atoms with Crippen LogP contribution < -0.4 is 0 Å².